The number of hydrazone groups is 1. The number of carbonyl (C=O) groups is 3. The number of nitrogens with zero attached hydrogens (tertiary/aromatic N) is 2. The summed E-state index contributed by atoms with van der Waals surface area (Å²) in [6, 6.07) is 13.9. The summed E-state index contributed by atoms with van der Waals surface area (Å²) in [5.74, 6) is -1.54. The predicted molar refractivity (Wildman–Crippen MR) is 128 cm³/mol. The molecule has 10 heteroatoms. The molecular formula is C23H20ClN3O5S. The van der Waals surface area contributed by atoms with Crippen LogP contribution in [0.25, 0.3) is 6.08 Å². The maximum atomic E-state index is 12.9. The Morgan fingerprint density at radius 2 is 2.00 bits per heavy atom. The Hall–Kier alpha value is -3.56. The van der Waals surface area contributed by atoms with Gasteiger partial charge in [-0.15, -0.1) is 11.7 Å². The molecule has 0 radical (unpaired) electrons. The van der Waals surface area contributed by atoms with Crippen LogP contribution in [-0.4, -0.2) is 46.1 Å². The van der Waals surface area contributed by atoms with Crippen LogP contribution in [0.5, 0.6) is 5.75 Å². The Morgan fingerprint density at radius 1 is 1.24 bits per heavy atom. The Morgan fingerprint density at radius 3 is 2.70 bits per heavy atom. The second kappa shape index (κ2) is 11.3. The first kappa shape index (κ1) is 24.1. The van der Waals surface area contributed by atoms with Gasteiger partial charge in [0.1, 0.15) is 5.75 Å². The Bertz CT molecular complexity index is 1130. The standard InChI is InChI=1S/C23H20ClN3O5S/c1-2-10-27-22(31)19(13-16-12-17(24)8-9-18(16)32-14-21(29)30)33-23(27)26-25-20(28)11-15-6-4-3-5-7-15/h2-9,12-13H,1,10-11,14H2,(H,25,28)(H,29,30). The van der Waals surface area contributed by atoms with Crippen molar-refractivity contribution in [2.45, 2.75) is 6.42 Å². The van der Waals surface area contributed by atoms with Crippen molar-refractivity contribution in [2.75, 3.05) is 13.2 Å². The van der Waals surface area contributed by atoms with E-state index in [1.807, 2.05) is 30.3 Å². The Kier molecular flexibility index (Phi) is 8.28. The monoisotopic (exact) mass is 485 g/mol. The number of carbonyl (C=O) groups excluding carboxylic acids is 2. The van der Waals surface area contributed by atoms with E-state index in [1.54, 1.807) is 24.3 Å². The van der Waals surface area contributed by atoms with E-state index in [4.69, 9.17) is 21.4 Å². The van der Waals surface area contributed by atoms with Crippen molar-refractivity contribution < 1.29 is 24.2 Å². The molecule has 2 aromatic rings. The fourth-order valence-electron chi connectivity index (χ4n) is 2.86. The van der Waals surface area contributed by atoms with Gasteiger partial charge in [-0.25, -0.2) is 10.2 Å². The zero-order valence-electron chi connectivity index (χ0n) is 17.4. The third-order valence-electron chi connectivity index (χ3n) is 4.29. The molecule has 3 rings (SSSR count). The molecule has 1 heterocycles. The van der Waals surface area contributed by atoms with E-state index in [0.717, 1.165) is 17.3 Å². The first-order valence-corrected chi connectivity index (χ1v) is 10.9. The highest BCUT2D eigenvalue weighted by Gasteiger charge is 2.33. The lowest BCUT2D eigenvalue weighted by molar-refractivity contribution is -0.139. The summed E-state index contributed by atoms with van der Waals surface area (Å²) in [7, 11) is 0. The number of benzene rings is 2. The van der Waals surface area contributed by atoms with Crippen molar-refractivity contribution in [3.63, 3.8) is 0 Å². The minimum Gasteiger partial charge on any atom is -0.481 e. The number of carboxylic acids is 1. The van der Waals surface area contributed by atoms with Gasteiger partial charge in [-0.2, -0.15) is 0 Å². The van der Waals surface area contributed by atoms with Crippen molar-refractivity contribution in [1.82, 2.24) is 10.3 Å². The summed E-state index contributed by atoms with van der Waals surface area (Å²) in [4.78, 5) is 37.7. The van der Waals surface area contributed by atoms with Crippen LogP contribution in [0.15, 0.2) is 71.2 Å². The number of carboxylic acid groups (broad SMARTS) is 1. The number of aliphatic carboxylic acids is 1. The summed E-state index contributed by atoms with van der Waals surface area (Å²) >= 11 is 7.13. The molecule has 33 heavy (non-hydrogen) atoms. The number of nitrogens with one attached hydrogen (secondary N) is 1. The van der Waals surface area contributed by atoms with Gasteiger partial charge in [0.25, 0.3) is 5.91 Å². The van der Waals surface area contributed by atoms with E-state index in [0.29, 0.717) is 15.5 Å². The molecule has 0 bridgehead atoms. The molecule has 1 saturated heterocycles. The van der Waals surface area contributed by atoms with Crippen LogP contribution in [0.3, 0.4) is 0 Å². The number of halogens is 1. The molecule has 0 spiro atoms. The highest BCUT2D eigenvalue weighted by atomic mass is 35.5. The predicted octanol–water partition coefficient (Wildman–Crippen LogP) is 3.54. The van der Waals surface area contributed by atoms with Crippen molar-refractivity contribution in [1.29, 1.82) is 0 Å². The molecule has 0 saturated carbocycles. The molecule has 1 aliphatic heterocycles. The molecule has 2 aromatic carbocycles. The van der Waals surface area contributed by atoms with Gasteiger partial charge < -0.3 is 9.84 Å². The highest BCUT2D eigenvalue weighted by molar-refractivity contribution is 8.18. The maximum absolute atomic E-state index is 12.9. The van der Waals surface area contributed by atoms with Gasteiger partial charge in [-0.1, -0.05) is 48.0 Å². The van der Waals surface area contributed by atoms with E-state index in [2.05, 4.69) is 17.1 Å². The molecule has 170 valence electrons. The van der Waals surface area contributed by atoms with E-state index >= 15 is 0 Å². The van der Waals surface area contributed by atoms with Crippen LogP contribution >= 0.6 is 23.4 Å². The minimum atomic E-state index is -1.13. The van der Waals surface area contributed by atoms with Crippen molar-refractivity contribution in [3.8, 4) is 5.75 Å². The first-order chi connectivity index (χ1) is 15.9. The van der Waals surface area contributed by atoms with Gasteiger partial charge in [-0.05, 0) is 41.6 Å². The number of rotatable bonds is 9. The van der Waals surface area contributed by atoms with Crippen LogP contribution in [0.1, 0.15) is 11.1 Å². The van der Waals surface area contributed by atoms with E-state index in [1.165, 1.54) is 11.0 Å². The lowest BCUT2D eigenvalue weighted by Gasteiger charge is -2.12. The summed E-state index contributed by atoms with van der Waals surface area (Å²) in [5, 5.41) is 13.7. The van der Waals surface area contributed by atoms with Gasteiger partial charge in [0.2, 0.25) is 5.91 Å². The topological polar surface area (TPSA) is 108 Å². The van der Waals surface area contributed by atoms with Crippen molar-refractivity contribution >= 4 is 52.4 Å². The first-order valence-electron chi connectivity index (χ1n) is 9.74. The molecule has 8 nitrogen and oxygen atoms in total. The molecule has 0 unspecified atom stereocenters. The van der Waals surface area contributed by atoms with Crippen LogP contribution in [-0.2, 0) is 20.8 Å². The van der Waals surface area contributed by atoms with Gasteiger partial charge in [-0.3, -0.25) is 14.5 Å². The zero-order valence-corrected chi connectivity index (χ0v) is 18.9. The molecule has 2 N–H and O–H groups in total. The second-order valence-electron chi connectivity index (χ2n) is 6.77. The molecule has 0 aromatic heterocycles. The molecule has 0 atom stereocenters. The van der Waals surface area contributed by atoms with Crippen LogP contribution in [0.2, 0.25) is 5.02 Å². The normalized spacial score (nSPS) is 15.7. The smallest absolute Gasteiger partial charge is 0.341 e. The van der Waals surface area contributed by atoms with E-state index in [9.17, 15) is 14.4 Å². The van der Waals surface area contributed by atoms with Crippen molar-refractivity contribution in [3.05, 3.63) is 82.2 Å². The number of amidine groups is 1. The lowest BCUT2D eigenvalue weighted by Crippen LogP contribution is -2.31. The average Bonchev–Trinajstić information content (AvgIpc) is 3.07. The molecule has 0 aliphatic carbocycles. The number of amides is 2. The Labute approximate surface area is 199 Å². The van der Waals surface area contributed by atoms with E-state index in [-0.39, 0.29) is 35.7 Å². The molecule has 1 fully saturated rings. The second-order valence-corrected chi connectivity index (χ2v) is 8.22. The summed E-state index contributed by atoms with van der Waals surface area (Å²) in [6.07, 6.45) is 3.23. The summed E-state index contributed by atoms with van der Waals surface area (Å²) < 4.78 is 5.30. The maximum Gasteiger partial charge on any atom is 0.341 e. The van der Waals surface area contributed by atoms with Crippen molar-refractivity contribution in [2.24, 2.45) is 5.10 Å². The molecule has 2 amide bonds. The molecule has 1 aliphatic rings. The number of ether oxygens (including phenoxy) is 1. The van der Waals surface area contributed by atoms with Crippen LogP contribution in [0, 0.1) is 0 Å². The van der Waals surface area contributed by atoms with Crippen LogP contribution < -0.4 is 10.2 Å². The fraction of sp³-hybridized carbons (Fsp3) is 0.130. The van der Waals surface area contributed by atoms with Gasteiger partial charge in [0.05, 0.1) is 11.3 Å². The number of thioether (sulfide) groups is 1. The highest BCUT2D eigenvalue weighted by Crippen LogP contribution is 2.34. The van der Waals surface area contributed by atoms with Gasteiger partial charge >= 0.3 is 5.97 Å². The van der Waals surface area contributed by atoms with E-state index < -0.39 is 12.6 Å². The van der Waals surface area contributed by atoms with Crippen LogP contribution in [0.4, 0.5) is 0 Å². The largest absolute Gasteiger partial charge is 0.481 e. The fourth-order valence-corrected chi connectivity index (χ4v) is 3.98. The summed E-state index contributed by atoms with van der Waals surface area (Å²) in [6.45, 7) is 3.31. The molecular weight excluding hydrogens is 466 g/mol. The third-order valence-corrected chi connectivity index (χ3v) is 5.53. The van der Waals surface area contributed by atoms with Gasteiger partial charge in [0, 0.05) is 17.1 Å². The number of hydrogen-bond acceptors (Lipinski definition) is 6. The third kappa shape index (κ3) is 6.71. The minimum absolute atomic E-state index is 0.146. The SMILES string of the molecule is C=CCN1C(=O)C(=Cc2cc(Cl)ccc2OCC(=O)O)SC1=NNC(=O)Cc1ccccc1. The average molecular weight is 486 g/mol. The van der Waals surface area contributed by atoms with Gasteiger partial charge in [0.15, 0.2) is 11.8 Å². The number of hydrogen-bond donors (Lipinski definition) is 2. The lowest BCUT2D eigenvalue weighted by atomic mass is 10.1. The summed E-state index contributed by atoms with van der Waals surface area (Å²) in [5.41, 5.74) is 3.76. The quantitative estimate of drug-likeness (QED) is 0.319. The zero-order chi connectivity index (χ0) is 23.8. The Balaban J connectivity index is 1.81.